The molecule has 0 saturated carbocycles. The number of nitrogens with one attached hydrogen (secondary N) is 1. The molecule has 2 N–H and O–H groups in total. The van der Waals surface area contributed by atoms with Gasteiger partial charge in [-0.05, 0) is 55.7 Å². The lowest BCUT2D eigenvalue weighted by Gasteiger charge is -2.11. The van der Waals surface area contributed by atoms with Gasteiger partial charge in [-0.2, -0.15) is 0 Å². The summed E-state index contributed by atoms with van der Waals surface area (Å²) in [6.07, 6.45) is 0.793. The number of carboxylic acid groups (broad SMARTS) is 1. The Balaban J connectivity index is 1.79. The van der Waals surface area contributed by atoms with Crippen molar-refractivity contribution in [3.8, 4) is 5.75 Å². The summed E-state index contributed by atoms with van der Waals surface area (Å²) in [5.74, 6) is -0.0435. The molecule has 22 heavy (non-hydrogen) atoms. The van der Waals surface area contributed by atoms with E-state index in [0.717, 1.165) is 12.2 Å². The lowest BCUT2D eigenvalue weighted by molar-refractivity contribution is 0.0698. The van der Waals surface area contributed by atoms with Crippen molar-refractivity contribution >= 4 is 11.7 Å². The molecule has 0 amide bonds. The number of hydrogen-bond donors (Lipinski definition) is 2. The number of ether oxygens (including phenoxy) is 1. The normalized spacial score (nSPS) is 10.3. The van der Waals surface area contributed by atoms with Crippen molar-refractivity contribution in [2.45, 2.75) is 20.3 Å². The first-order valence-corrected chi connectivity index (χ1v) is 7.33. The minimum absolute atomic E-state index is 0.290. The highest BCUT2D eigenvalue weighted by Gasteiger charge is 2.07. The van der Waals surface area contributed by atoms with E-state index >= 15 is 0 Å². The summed E-state index contributed by atoms with van der Waals surface area (Å²) in [5.41, 5.74) is 3.30. The second-order valence-electron chi connectivity index (χ2n) is 5.30. The highest BCUT2D eigenvalue weighted by Crippen LogP contribution is 2.17. The minimum atomic E-state index is -0.922. The summed E-state index contributed by atoms with van der Waals surface area (Å²) in [7, 11) is 0. The van der Waals surface area contributed by atoms with Crippen LogP contribution in [0.3, 0.4) is 0 Å². The molecule has 4 heteroatoms. The van der Waals surface area contributed by atoms with Gasteiger partial charge < -0.3 is 15.2 Å². The van der Waals surface area contributed by atoms with Gasteiger partial charge in [-0.3, -0.25) is 0 Å². The molecule has 2 aromatic rings. The number of carbonyl (C=O) groups is 1. The third kappa shape index (κ3) is 4.52. The fraction of sp³-hybridized carbons (Fsp3) is 0.278. The van der Waals surface area contributed by atoms with E-state index in [0.29, 0.717) is 18.8 Å². The predicted octanol–water partition coefficient (Wildman–Crippen LogP) is 3.88. The first kappa shape index (κ1) is 15.9. The van der Waals surface area contributed by atoms with Crippen molar-refractivity contribution in [3.05, 3.63) is 59.2 Å². The summed E-state index contributed by atoms with van der Waals surface area (Å²) >= 11 is 0. The number of rotatable bonds is 7. The fourth-order valence-electron chi connectivity index (χ4n) is 2.33. The first-order chi connectivity index (χ1) is 10.6. The van der Waals surface area contributed by atoms with Crippen LogP contribution in [-0.2, 0) is 0 Å². The molecule has 0 saturated heterocycles. The molecule has 4 nitrogen and oxygen atoms in total. The summed E-state index contributed by atoms with van der Waals surface area (Å²) in [6.45, 7) is 5.34. The summed E-state index contributed by atoms with van der Waals surface area (Å²) in [4.78, 5) is 11.1. The molecule has 0 bridgehead atoms. The van der Waals surface area contributed by atoms with Crippen molar-refractivity contribution in [1.29, 1.82) is 0 Å². The van der Waals surface area contributed by atoms with Gasteiger partial charge in [0.1, 0.15) is 5.75 Å². The Kier molecular flexibility index (Phi) is 5.42. The monoisotopic (exact) mass is 299 g/mol. The van der Waals surface area contributed by atoms with Gasteiger partial charge in [-0.25, -0.2) is 4.79 Å². The first-order valence-electron chi connectivity index (χ1n) is 7.33. The Morgan fingerprint density at radius 2 is 1.82 bits per heavy atom. The molecule has 0 aliphatic carbocycles. The fourth-order valence-corrected chi connectivity index (χ4v) is 2.33. The predicted molar refractivity (Wildman–Crippen MR) is 87.9 cm³/mol. The smallest absolute Gasteiger partial charge is 0.337 e. The zero-order valence-corrected chi connectivity index (χ0v) is 12.9. The second kappa shape index (κ2) is 7.50. The number of carboxylic acids is 1. The van der Waals surface area contributed by atoms with E-state index in [4.69, 9.17) is 9.84 Å². The Hall–Kier alpha value is -2.49. The number of hydrogen-bond acceptors (Lipinski definition) is 3. The van der Waals surface area contributed by atoms with Crippen molar-refractivity contribution in [2.24, 2.45) is 0 Å². The maximum atomic E-state index is 11.1. The molecule has 0 fully saturated rings. The Labute approximate surface area is 130 Å². The van der Waals surface area contributed by atoms with Gasteiger partial charge in [0, 0.05) is 12.2 Å². The van der Waals surface area contributed by atoms with E-state index in [1.807, 2.05) is 32.0 Å². The van der Waals surface area contributed by atoms with Crippen LogP contribution in [0, 0.1) is 13.8 Å². The molecular weight excluding hydrogens is 278 g/mol. The molecule has 0 aromatic heterocycles. The molecule has 0 aliphatic rings. The largest absolute Gasteiger partial charge is 0.494 e. The second-order valence-corrected chi connectivity index (χ2v) is 5.30. The number of benzene rings is 2. The zero-order valence-electron chi connectivity index (χ0n) is 12.9. The van der Waals surface area contributed by atoms with Crippen molar-refractivity contribution in [2.75, 3.05) is 18.5 Å². The van der Waals surface area contributed by atoms with Gasteiger partial charge in [0.15, 0.2) is 0 Å². The number of para-hydroxylation sites is 1. The molecule has 0 aliphatic heterocycles. The molecule has 0 heterocycles. The SMILES string of the molecule is Cc1cc(C)cc(OCCCNc2ccccc2C(=O)O)c1. The van der Waals surface area contributed by atoms with E-state index < -0.39 is 5.97 Å². The van der Waals surface area contributed by atoms with Gasteiger partial charge in [0.2, 0.25) is 0 Å². The number of aryl methyl sites for hydroxylation is 2. The lowest BCUT2D eigenvalue weighted by atomic mass is 10.1. The van der Waals surface area contributed by atoms with Crippen LogP contribution in [0.5, 0.6) is 5.75 Å². The molecule has 116 valence electrons. The zero-order chi connectivity index (χ0) is 15.9. The van der Waals surface area contributed by atoms with Gasteiger partial charge in [0.25, 0.3) is 0 Å². The van der Waals surface area contributed by atoms with Gasteiger partial charge >= 0.3 is 5.97 Å². The highest BCUT2D eigenvalue weighted by molar-refractivity contribution is 5.94. The Bertz CT molecular complexity index is 632. The van der Waals surface area contributed by atoms with E-state index in [2.05, 4.69) is 11.4 Å². The van der Waals surface area contributed by atoms with E-state index in [1.165, 1.54) is 11.1 Å². The van der Waals surface area contributed by atoms with E-state index in [-0.39, 0.29) is 5.56 Å². The standard InChI is InChI=1S/C18H21NO3/c1-13-10-14(2)12-15(11-13)22-9-5-8-19-17-7-4-3-6-16(17)18(20)21/h3-4,6-7,10-12,19H,5,8-9H2,1-2H3,(H,20,21). The third-order valence-electron chi connectivity index (χ3n) is 3.26. The number of aromatic carboxylic acids is 1. The Morgan fingerprint density at radius 3 is 2.50 bits per heavy atom. The van der Waals surface area contributed by atoms with Crippen LogP contribution >= 0.6 is 0 Å². The summed E-state index contributed by atoms with van der Waals surface area (Å²) < 4.78 is 5.73. The van der Waals surface area contributed by atoms with Crippen LogP contribution in [0.4, 0.5) is 5.69 Å². The van der Waals surface area contributed by atoms with E-state index in [1.54, 1.807) is 18.2 Å². The van der Waals surface area contributed by atoms with Gasteiger partial charge in [-0.15, -0.1) is 0 Å². The number of anilines is 1. The van der Waals surface area contributed by atoms with Crippen molar-refractivity contribution in [1.82, 2.24) is 0 Å². The Morgan fingerprint density at radius 1 is 1.14 bits per heavy atom. The third-order valence-corrected chi connectivity index (χ3v) is 3.26. The van der Waals surface area contributed by atoms with Gasteiger partial charge in [-0.1, -0.05) is 18.2 Å². The van der Waals surface area contributed by atoms with Crippen molar-refractivity contribution < 1.29 is 14.6 Å². The van der Waals surface area contributed by atoms with Crippen LogP contribution in [0.25, 0.3) is 0 Å². The van der Waals surface area contributed by atoms with Gasteiger partial charge in [0.05, 0.1) is 12.2 Å². The molecule has 2 rings (SSSR count). The summed E-state index contributed by atoms with van der Waals surface area (Å²) in [6, 6.07) is 13.0. The van der Waals surface area contributed by atoms with Crippen molar-refractivity contribution in [3.63, 3.8) is 0 Å². The quantitative estimate of drug-likeness (QED) is 0.762. The minimum Gasteiger partial charge on any atom is -0.494 e. The molecule has 2 aromatic carbocycles. The average molecular weight is 299 g/mol. The topological polar surface area (TPSA) is 58.6 Å². The maximum Gasteiger partial charge on any atom is 0.337 e. The highest BCUT2D eigenvalue weighted by atomic mass is 16.5. The lowest BCUT2D eigenvalue weighted by Crippen LogP contribution is -2.10. The van der Waals surface area contributed by atoms with Crippen LogP contribution in [0.15, 0.2) is 42.5 Å². The van der Waals surface area contributed by atoms with Crippen LogP contribution in [0.1, 0.15) is 27.9 Å². The van der Waals surface area contributed by atoms with Crippen LogP contribution in [-0.4, -0.2) is 24.2 Å². The average Bonchev–Trinajstić information content (AvgIpc) is 2.46. The molecular formula is C18H21NO3. The molecule has 0 atom stereocenters. The molecule has 0 unspecified atom stereocenters. The van der Waals surface area contributed by atoms with E-state index in [9.17, 15) is 4.79 Å². The molecule has 0 radical (unpaired) electrons. The maximum absolute atomic E-state index is 11.1. The summed E-state index contributed by atoms with van der Waals surface area (Å²) in [5, 5.41) is 12.2. The molecule has 0 spiro atoms. The van der Waals surface area contributed by atoms with Crippen LogP contribution < -0.4 is 10.1 Å². The van der Waals surface area contributed by atoms with Crippen LogP contribution in [0.2, 0.25) is 0 Å².